The minimum Gasteiger partial charge on any atom is -0.496 e. The normalized spacial score (nSPS) is 14.1. The second-order valence-corrected chi connectivity index (χ2v) is 11.8. The van der Waals surface area contributed by atoms with Crippen LogP contribution in [-0.2, 0) is 5.75 Å². The van der Waals surface area contributed by atoms with E-state index >= 15 is 0 Å². The van der Waals surface area contributed by atoms with Gasteiger partial charge in [-0.3, -0.25) is 15.0 Å². The van der Waals surface area contributed by atoms with Crippen LogP contribution in [0.3, 0.4) is 0 Å². The molecule has 0 aliphatic carbocycles. The number of nitrogens with zero attached hydrogens (tertiary/aromatic N) is 2. The monoisotopic (exact) mass is 694 g/mol. The van der Waals surface area contributed by atoms with Crippen LogP contribution in [0.5, 0.6) is 11.5 Å². The summed E-state index contributed by atoms with van der Waals surface area (Å²) in [4.78, 5) is 31.7. The number of carbonyl (C=O) groups is 2. The Morgan fingerprint density at radius 1 is 1.10 bits per heavy atom. The first-order valence-corrected chi connectivity index (χ1v) is 15.7. The molecule has 0 saturated heterocycles. The number of fused-ring (bicyclic) bond motifs is 1. The summed E-state index contributed by atoms with van der Waals surface area (Å²) in [6.07, 6.45) is 3.11. The molecule has 0 saturated carbocycles. The lowest BCUT2D eigenvalue weighted by Gasteiger charge is -2.38. The van der Waals surface area contributed by atoms with E-state index in [9.17, 15) is 9.59 Å². The molecule has 1 atom stereocenters. The molecule has 10 heteroatoms. The van der Waals surface area contributed by atoms with Crippen LogP contribution in [-0.4, -0.2) is 35.5 Å². The van der Waals surface area contributed by atoms with Gasteiger partial charge in [0.15, 0.2) is 0 Å². The Hall–Kier alpha value is -3.77. The molecule has 0 spiro atoms. The van der Waals surface area contributed by atoms with Crippen molar-refractivity contribution < 1.29 is 19.1 Å². The van der Waals surface area contributed by atoms with E-state index in [0.29, 0.717) is 34.9 Å². The van der Waals surface area contributed by atoms with Crippen LogP contribution in [0.1, 0.15) is 57.8 Å². The third-order valence-electron chi connectivity index (χ3n) is 6.72. The molecule has 2 amide bonds. The summed E-state index contributed by atoms with van der Waals surface area (Å²) in [5.41, 5.74) is 6.20. The first-order chi connectivity index (χ1) is 20.5. The number of pyridine rings is 1. The first-order valence-electron chi connectivity index (χ1n) is 13.6. The second-order valence-electron chi connectivity index (χ2n) is 9.61. The lowest BCUT2D eigenvalue weighted by atomic mass is 10.0. The molecule has 0 radical (unpaired) electrons. The predicted molar refractivity (Wildman–Crippen MR) is 173 cm³/mol. The zero-order valence-electron chi connectivity index (χ0n) is 23.3. The number of amides is 2. The van der Waals surface area contributed by atoms with Gasteiger partial charge in [0.1, 0.15) is 17.7 Å². The molecule has 2 heterocycles. The number of ether oxygens (including phenoxy) is 2. The van der Waals surface area contributed by atoms with E-state index in [4.69, 9.17) is 9.47 Å². The molecule has 1 aliphatic rings. The molecule has 5 rings (SSSR count). The maximum Gasteiger partial charge on any atom is 0.276 e. The number of hydrogen-bond donors (Lipinski definition) is 2. The number of nitrogens with one attached hydrogen (secondary N) is 2. The molecular weight excluding hydrogens is 663 g/mol. The van der Waals surface area contributed by atoms with Crippen LogP contribution in [0.15, 0.2) is 90.1 Å². The van der Waals surface area contributed by atoms with Crippen LogP contribution in [0.4, 0.5) is 5.69 Å². The number of methoxy groups -OCH3 is 1. The van der Waals surface area contributed by atoms with Crippen molar-refractivity contribution in [3.63, 3.8) is 0 Å². The SMILES string of the molecule is CCCCOc1ccc(C(=O)NN2C(=O)c3cc(I)ccc3N[C@@H]2c2ccc(OC)c(CSc3ccccn3)c2)cc1. The Kier molecular flexibility index (Phi) is 9.85. The van der Waals surface area contributed by atoms with E-state index in [1.54, 1.807) is 49.3 Å². The summed E-state index contributed by atoms with van der Waals surface area (Å²) in [7, 11) is 1.64. The number of unbranched alkanes of at least 4 members (excludes halogenated alkanes) is 1. The van der Waals surface area contributed by atoms with E-state index in [0.717, 1.165) is 38.3 Å². The zero-order valence-corrected chi connectivity index (χ0v) is 26.3. The van der Waals surface area contributed by atoms with Crippen molar-refractivity contribution in [1.29, 1.82) is 0 Å². The molecule has 1 aromatic heterocycles. The Morgan fingerprint density at radius 2 is 1.93 bits per heavy atom. The molecular formula is C32H31IN4O4S. The molecule has 8 nitrogen and oxygen atoms in total. The molecule has 0 unspecified atom stereocenters. The quantitative estimate of drug-likeness (QED) is 0.0986. The largest absolute Gasteiger partial charge is 0.496 e. The highest BCUT2D eigenvalue weighted by molar-refractivity contribution is 14.1. The van der Waals surface area contributed by atoms with E-state index < -0.39 is 12.1 Å². The minimum absolute atomic E-state index is 0.305. The van der Waals surface area contributed by atoms with E-state index in [1.165, 1.54) is 5.01 Å². The average Bonchev–Trinajstić information content (AvgIpc) is 3.02. The predicted octanol–water partition coefficient (Wildman–Crippen LogP) is 7.08. The highest BCUT2D eigenvalue weighted by atomic mass is 127. The fourth-order valence-corrected chi connectivity index (χ4v) is 5.83. The number of carbonyl (C=O) groups excluding carboxylic acids is 2. The lowest BCUT2D eigenvalue weighted by molar-refractivity contribution is 0.0490. The summed E-state index contributed by atoms with van der Waals surface area (Å²) in [6, 6.07) is 24.2. The molecule has 42 heavy (non-hydrogen) atoms. The van der Waals surface area contributed by atoms with Gasteiger partial charge in [-0.1, -0.05) is 25.5 Å². The lowest BCUT2D eigenvalue weighted by Crippen LogP contribution is -2.52. The molecule has 4 aromatic rings. The van der Waals surface area contributed by atoms with Gasteiger partial charge in [0.25, 0.3) is 11.8 Å². The third kappa shape index (κ3) is 6.99. The van der Waals surface area contributed by atoms with E-state index in [1.807, 2.05) is 54.6 Å². The zero-order chi connectivity index (χ0) is 29.5. The van der Waals surface area contributed by atoms with Crippen LogP contribution in [0.2, 0.25) is 0 Å². The number of rotatable bonds is 11. The van der Waals surface area contributed by atoms with Crippen molar-refractivity contribution in [2.75, 3.05) is 19.0 Å². The van der Waals surface area contributed by atoms with Crippen LogP contribution in [0, 0.1) is 3.57 Å². The Morgan fingerprint density at radius 3 is 2.67 bits per heavy atom. The average molecular weight is 695 g/mol. The van der Waals surface area contributed by atoms with Gasteiger partial charge in [-0.2, -0.15) is 0 Å². The molecule has 0 bridgehead atoms. The number of anilines is 1. The number of halogens is 1. The number of thioether (sulfide) groups is 1. The Bertz CT molecular complexity index is 1550. The summed E-state index contributed by atoms with van der Waals surface area (Å²) in [6.45, 7) is 2.73. The van der Waals surface area contributed by atoms with Gasteiger partial charge in [-0.25, -0.2) is 9.99 Å². The summed E-state index contributed by atoms with van der Waals surface area (Å²) < 4.78 is 12.3. The fraction of sp³-hybridized carbons (Fsp3) is 0.219. The Labute approximate surface area is 263 Å². The number of benzene rings is 3. The highest BCUT2D eigenvalue weighted by Gasteiger charge is 2.35. The molecule has 3 aromatic carbocycles. The molecule has 0 fully saturated rings. The van der Waals surface area contributed by atoms with Crippen molar-refractivity contribution in [3.05, 3.63) is 111 Å². The van der Waals surface area contributed by atoms with Crippen molar-refractivity contribution in [3.8, 4) is 11.5 Å². The maximum absolute atomic E-state index is 13.8. The summed E-state index contributed by atoms with van der Waals surface area (Å²) in [5.74, 6) is 1.34. The van der Waals surface area contributed by atoms with Gasteiger partial charge in [-0.05, 0) is 101 Å². The van der Waals surface area contributed by atoms with Crippen molar-refractivity contribution >= 4 is 51.9 Å². The van der Waals surface area contributed by atoms with E-state index in [2.05, 4.69) is 45.2 Å². The van der Waals surface area contributed by atoms with Crippen molar-refractivity contribution in [2.45, 2.75) is 36.7 Å². The summed E-state index contributed by atoms with van der Waals surface area (Å²) in [5, 5.41) is 5.72. The van der Waals surface area contributed by atoms with Crippen LogP contribution < -0.4 is 20.2 Å². The van der Waals surface area contributed by atoms with Gasteiger partial charge in [-0.15, -0.1) is 11.8 Å². The standard InChI is InChI=1S/C32H31IN4O4S/c1-3-4-17-41-25-12-8-21(9-13-25)31(38)36-37-30(35-27-14-11-24(33)19-26(27)32(37)39)22-10-15-28(40-2)23(18-22)20-42-29-7-5-6-16-34-29/h5-16,18-19,30,35H,3-4,17,20H2,1-2H3,(H,36,38)/t30-/m0/s1. The maximum atomic E-state index is 13.8. The van der Waals surface area contributed by atoms with Gasteiger partial charge in [0, 0.05) is 32.3 Å². The van der Waals surface area contributed by atoms with Gasteiger partial charge < -0.3 is 14.8 Å². The van der Waals surface area contributed by atoms with E-state index in [-0.39, 0.29) is 5.91 Å². The number of aromatic nitrogens is 1. The second kappa shape index (κ2) is 13.9. The van der Waals surface area contributed by atoms with Crippen LogP contribution in [0.25, 0.3) is 0 Å². The smallest absolute Gasteiger partial charge is 0.276 e. The molecule has 216 valence electrons. The summed E-state index contributed by atoms with van der Waals surface area (Å²) >= 11 is 3.77. The highest BCUT2D eigenvalue weighted by Crippen LogP contribution is 2.36. The van der Waals surface area contributed by atoms with Gasteiger partial charge in [0.05, 0.1) is 24.3 Å². The molecule has 2 N–H and O–H groups in total. The number of hydrogen-bond acceptors (Lipinski definition) is 7. The fourth-order valence-electron chi connectivity index (χ4n) is 4.50. The third-order valence-corrected chi connectivity index (χ3v) is 8.38. The van der Waals surface area contributed by atoms with Crippen LogP contribution >= 0.6 is 34.4 Å². The first kappa shape index (κ1) is 29.7. The van der Waals surface area contributed by atoms with Gasteiger partial charge >= 0.3 is 0 Å². The minimum atomic E-state index is -0.657. The van der Waals surface area contributed by atoms with Gasteiger partial charge in [0.2, 0.25) is 0 Å². The van der Waals surface area contributed by atoms with Crippen molar-refractivity contribution in [1.82, 2.24) is 15.4 Å². The Balaban J connectivity index is 1.43. The molecule has 1 aliphatic heterocycles. The topological polar surface area (TPSA) is 92.8 Å². The number of hydrazine groups is 1. The van der Waals surface area contributed by atoms with Crippen molar-refractivity contribution in [2.24, 2.45) is 0 Å².